The highest BCUT2D eigenvalue weighted by molar-refractivity contribution is 5.96. The van der Waals surface area contributed by atoms with Gasteiger partial charge in [0, 0.05) is 16.9 Å². The third-order valence-corrected chi connectivity index (χ3v) is 3.19. The SMILES string of the molecule is COC(=O)c1ccc(NC(=O)CNc2cccc(C(N)=O)c2)cc1. The van der Waals surface area contributed by atoms with Crippen LogP contribution in [0.3, 0.4) is 0 Å². The fraction of sp³-hybridized carbons (Fsp3) is 0.118. The Balaban J connectivity index is 1.90. The van der Waals surface area contributed by atoms with Gasteiger partial charge < -0.3 is 21.1 Å². The molecular weight excluding hydrogens is 310 g/mol. The fourth-order valence-corrected chi connectivity index (χ4v) is 1.98. The Morgan fingerprint density at radius 3 is 2.33 bits per heavy atom. The summed E-state index contributed by atoms with van der Waals surface area (Å²) in [5, 5.41) is 5.59. The van der Waals surface area contributed by atoms with Crippen LogP contribution in [-0.4, -0.2) is 31.4 Å². The lowest BCUT2D eigenvalue weighted by Gasteiger charge is -2.09. The number of amides is 2. The molecule has 2 rings (SSSR count). The summed E-state index contributed by atoms with van der Waals surface area (Å²) in [5.74, 6) is -1.25. The minimum atomic E-state index is -0.534. The van der Waals surface area contributed by atoms with Crippen LogP contribution in [0.25, 0.3) is 0 Å². The number of hydrogen-bond acceptors (Lipinski definition) is 5. The van der Waals surface area contributed by atoms with E-state index in [4.69, 9.17) is 5.73 Å². The Bertz CT molecular complexity index is 757. The van der Waals surface area contributed by atoms with Crippen LogP contribution in [-0.2, 0) is 9.53 Å². The smallest absolute Gasteiger partial charge is 0.337 e. The van der Waals surface area contributed by atoms with E-state index in [0.29, 0.717) is 22.5 Å². The number of carbonyl (C=O) groups is 3. The first-order valence-electron chi connectivity index (χ1n) is 7.11. The van der Waals surface area contributed by atoms with Gasteiger partial charge in [0.15, 0.2) is 0 Å². The Hall–Kier alpha value is -3.35. The maximum Gasteiger partial charge on any atom is 0.337 e. The molecule has 0 bridgehead atoms. The number of methoxy groups -OCH3 is 1. The number of primary amides is 1. The van der Waals surface area contributed by atoms with Crippen molar-refractivity contribution in [3.63, 3.8) is 0 Å². The number of ether oxygens (including phenoxy) is 1. The summed E-state index contributed by atoms with van der Waals surface area (Å²) in [7, 11) is 1.30. The molecule has 0 spiro atoms. The van der Waals surface area contributed by atoms with Crippen molar-refractivity contribution < 1.29 is 19.1 Å². The van der Waals surface area contributed by atoms with Crippen LogP contribution in [0.2, 0.25) is 0 Å². The molecule has 0 saturated carbocycles. The van der Waals surface area contributed by atoms with Crippen LogP contribution in [0.1, 0.15) is 20.7 Å². The minimum absolute atomic E-state index is 0.0148. The molecule has 2 aromatic carbocycles. The lowest BCUT2D eigenvalue weighted by atomic mass is 10.2. The van der Waals surface area contributed by atoms with Crippen LogP contribution >= 0.6 is 0 Å². The first kappa shape index (κ1) is 17.0. The number of carbonyl (C=O) groups excluding carboxylic acids is 3. The van der Waals surface area contributed by atoms with E-state index in [1.807, 2.05) is 0 Å². The molecule has 7 nitrogen and oxygen atoms in total. The van der Waals surface area contributed by atoms with E-state index in [-0.39, 0.29) is 12.5 Å². The average molecular weight is 327 g/mol. The van der Waals surface area contributed by atoms with Crippen molar-refractivity contribution in [2.45, 2.75) is 0 Å². The predicted molar refractivity (Wildman–Crippen MR) is 89.9 cm³/mol. The quantitative estimate of drug-likeness (QED) is 0.698. The average Bonchev–Trinajstić information content (AvgIpc) is 2.60. The zero-order chi connectivity index (χ0) is 17.5. The largest absolute Gasteiger partial charge is 0.465 e. The van der Waals surface area contributed by atoms with Gasteiger partial charge in [-0.3, -0.25) is 9.59 Å². The standard InChI is InChI=1S/C17H17N3O4/c1-24-17(23)11-5-7-13(8-6-11)20-15(21)10-19-14-4-2-3-12(9-14)16(18)22/h2-9,19H,10H2,1H3,(H2,18,22)(H,20,21). The Morgan fingerprint density at radius 1 is 1.00 bits per heavy atom. The van der Waals surface area contributed by atoms with Gasteiger partial charge in [0.25, 0.3) is 0 Å². The summed E-state index contributed by atoms with van der Waals surface area (Å²) in [5.41, 5.74) is 7.13. The minimum Gasteiger partial charge on any atom is -0.465 e. The molecule has 0 aliphatic carbocycles. The number of anilines is 2. The summed E-state index contributed by atoms with van der Waals surface area (Å²) >= 11 is 0. The van der Waals surface area contributed by atoms with Crippen molar-refractivity contribution >= 4 is 29.2 Å². The highest BCUT2D eigenvalue weighted by Gasteiger charge is 2.07. The monoisotopic (exact) mass is 327 g/mol. The Morgan fingerprint density at radius 2 is 1.71 bits per heavy atom. The van der Waals surface area contributed by atoms with Gasteiger partial charge in [0.2, 0.25) is 11.8 Å². The molecular formula is C17H17N3O4. The molecule has 124 valence electrons. The highest BCUT2D eigenvalue weighted by Crippen LogP contribution is 2.12. The molecule has 0 fully saturated rings. The zero-order valence-electron chi connectivity index (χ0n) is 13.0. The molecule has 0 atom stereocenters. The van der Waals surface area contributed by atoms with Crippen LogP contribution in [0, 0.1) is 0 Å². The first-order valence-corrected chi connectivity index (χ1v) is 7.11. The number of nitrogens with one attached hydrogen (secondary N) is 2. The van der Waals surface area contributed by atoms with E-state index in [1.54, 1.807) is 48.5 Å². The number of hydrogen-bond donors (Lipinski definition) is 3. The molecule has 0 saturated heterocycles. The molecule has 0 aromatic heterocycles. The third kappa shape index (κ3) is 4.57. The van der Waals surface area contributed by atoms with Gasteiger partial charge in [0.05, 0.1) is 19.2 Å². The number of nitrogens with two attached hydrogens (primary N) is 1. The summed E-state index contributed by atoms with van der Waals surface area (Å²) in [6, 6.07) is 12.9. The molecule has 7 heteroatoms. The summed E-state index contributed by atoms with van der Waals surface area (Å²) in [4.78, 5) is 34.4. The molecule has 0 heterocycles. The van der Waals surface area contributed by atoms with Gasteiger partial charge in [-0.25, -0.2) is 4.79 Å². The summed E-state index contributed by atoms with van der Waals surface area (Å²) in [6.07, 6.45) is 0. The fourth-order valence-electron chi connectivity index (χ4n) is 1.98. The molecule has 2 amide bonds. The van der Waals surface area contributed by atoms with Crippen LogP contribution in [0.4, 0.5) is 11.4 Å². The molecule has 0 unspecified atom stereocenters. The topological polar surface area (TPSA) is 111 Å². The first-order chi connectivity index (χ1) is 11.5. The third-order valence-electron chi connectivity index (χ3n) is 3.19. The van der Waals surface area contributed by atoms with Crippen molar-refractivity contribution in [2.75, 3.05) is 24.3 Å². The molecule has 0 radical (unpaired) electrons. The summed E-state index contributed by atoms with van der Waals surface area (Å²) in [6.45, 7) is 0.0148. The van der Waals surface area contributed by atoms with Gasteiger partial charge >= 0.3 is 5.97 Å². The van der Waals surface area contributed by atoms with Crippen molar-refractivity contribution in [3.05, 3.63) is 59.7 Å². The highest BCUT2D eigenvalue weighted by atomic mass is 16.5. The summed E-state index contributed by atoms with van der Waals surface area (Å²) < 4.78 is 4.60. The van der Waals surface area contributed by atoms with Crippen LogP contribution < -0.4 is 16.4 Å². The van der Waals surface area contributed by atoms with Crippen LogP contribution in [0.5, 0.6) is 0 Å². The maximum atomic E-state index is 11.9. The molecule has 0 aliphatic rings. The second-order valence-electron chi connectivity index (χ2n) is 4.92. The van der Waals surface area contributed by atoms with Gasteiger partial charge in [0.1, 0.15) is 0 Å². The molecule has 4 N–H and O–H groups in total. The lowest BCUT2D eigenvalue weighted by molar-refractivity contribution is -0.114. The van der Waals surface area contributed by atoms with Crippen LogP contribution in [0.15, 0.2) is 48.5 Å². The van der Waals surface area contributed by atoms with E-state index >= 15 is 0 Å². The number of rotatable bonds is 6. The van der Waals surface area contributed by atoms with Crippen molar-refractivity contribution in [2.24, 2.45) is 5.73 Å². The molecule has 0 aliphatic heterocycles. The van der Waals surface area contributed by atoms with Gasteiger partial charge in [-0.2, -0.15) is 0 Å². The Labute approximate surface area is 138 Å². The lowest BCUT2D eigenvalue weighted by Crippen LogP contribution is -2.22. The van der Waals surface area contributed by atoms with E-state index in [0.717, 1.165) is 0 Å². The van der Waals surface area contributed by atoms with Gasteiger partial charge in [-0.05, 0) is 42.5 Å². The number of esters is 1. The van der Waals surface area contributed by atoms with Gasteiger partial charge in [-0.15, -0.1) is 0 Å². The second-order valence-corrected chi connectivity index (χ2v) is 4.92. The van der Waals surface area contributed by atoms with E-state index in [9.17, 15) is 14.4 Å². The predicted octanol–water partition coefficient (Wildman–Crippen LogP) is 1.62. The second kappa shape index (κ2) is 7.77. The number of benzene rings is 2. The van der Waals surface area contributed by atoms with Crippen molar-refractivity contribution in [1.82, 2.24) is 0 Å². The Kier molecular flexibility index (Phi) is 5.51. The normalized spacial score (nSPS) is 9.88. The molecule has 2 aromatic rings. The van der Waals surface area contributed by atoms with E-state index in [1.165, 1.54) is 7.11 Å². The zero-order valence-corrected chi connectivity index (χ0v) is 13.0. The van der Waals surface area contributed by atoms with Crippen molar-refractivity contribution in [1.29, 1.82) is 0 Å². The molecule has 24 heavy (non-hydrogen) atoms. The van der Waals surface area contributed by atoms with Gasteiger partial charge in [-0.1, -0.05) is 6.07 Å². The van der Waals surface area contributed by atoms with Crippen molar-refractivity contribution in [3.8, 4) is 0 Å². The van der Waals surface area contributed by atoms with E-state index in [2.05, 4.69) is 15.4 Å². The van der Waals surface area contributed by atoms with E-state index < -0.39 is 11.9 Å². The maximum absolute atomic E-state index is 11.9.